The minimum Gasteiger partial charge on any atom is -0.372 e. The molecule has 0 spiro atoms. The molecule has 0 aliphatic heterocycles. The van der Waals surface area contributed by atoms with E-state index in [9.17, 15) is 4.39 Å². The van der Waals surface area contributed by atoms with Crippen LogP contribution in [0.4, 0.5) is 10.2 Å². The first-order valence-electron chi connectivity index (χ1n) is 7.94. The molecule has 0 radical (unpaired) electrons. The fourth-order valence-corrected chi connectivity index (χ4v) is 3.11. The summed E-state index contributed by atoms with van der Waals surface area (Å²) < 4.78 is 16.8. The Labute approximate surface area is 143 Å². The molecule has 0 atom stereocenters. The number of aromatic nitrogens is 5. The summed E-state index contributed by atoms with van der Waals surface area (Å²) in [5.74, 6) is 0.479. The molecular formula is C18H17FN6. The van der Waals surface area contributed by atoms with Crippen molar-refractivity contribution in [2.24, 2.45) is 0 Å². The Bertz CT molecular complexity index is 1120. The fourth-order valence-electron chi connectivity index (χ4n) is 3.11. The van der Waals surface area contributed by atoms with E-state index in [4.69, 9.17) is 0 Å². The predicted octanol–water partition coefficient (Wildman–Crippen LogP) is 3.79. The van der Waals surface area contributed by atoms with Crippen LogP contribution in [0.1, 0.15) is 18.1 Å². The Hall–Kier alpha value is -3.22. The summed E-state index contributed by atoms with van der Waals surface area (Å²) in [5.41, 5.74) is 3.85. The SMILES string of the molecule is C/C=C/c1c(F)c(C)c(-c2cn3cc(NC)nc3cn2)c2cn[nH]c12. The molecule has 25 heavy (non-hydrogen) atoms. The third kappa shape index (κ3) is 2.27. The summed E-state index contributed by atoms with van der Waals surface area (Å²) in [6.07, 6.45) is 10.7. The maximum Gasteiger partial charge on any atom is 0.157 e. The van der Waals surface area contributed by atoms with Gasteiger partial charge in [-0.2, -0.15) is 5.10 Å². The highest BCUT2D eigenvalue weighted by Crippen LogP contribution is 2.35. The van der Waals surface area contributed by atoms with Gasteiger partial charge in [-0.3, -0.25) is 10.1 Å². The van der Waals surface area contributed by atoms with Gasteiger partial charge in [0.1, 0.15) is 11.6 Å². The van der Waals surface area contributed by atoms with E-state index in [2.05, 4.69) is 25.5 Å². The van der Waals surface area contributed by atoms with E-state index < -0.39 is 0 Å². The van der Waals surface area contributed by atoms with Crippen molar-refractivity contribution in [1.29, 1.82) is 0 Å². The average molecular weight is 336 g/mol. The first-order valence-corrected chi connectivity index (χ1v) is 7.94. The number of anilines is 1. The number of hydrogen-bond donors (Lipinski definition) is 2. The molecule has 4 rings (SSSR count). The molecule has 0 aliphatic rings. The molecule has 6 nitrogen and oxygen atoms in total. The second-order valence-electron chi connectivity index (χ2n) is 5.80. The van der Waals surface area contributed by atoms with Gasteiger partial charge in [-0.25, -0.2) is 9.37 Å². The molecule has 0 fully saturated rings. The van der Waals surface area contributed by atoms with Gasteiger partial charge in [0.25, 0.3) is 0 Å². The normalized spacial score (nSPS) is 11.8. The van der Waals surface area contributed by atoms with Crippen molar-refractivity contribution in [2.75, 3.05) is 12.4 Å². The van der Waals surface area contributed by atoms with Gasteiger partial charge in [-0.05, 0) is 19.4 Å². The van der Waals surface area contributed by atoms with E-state index in [1.165, 1.54) is 0 Å². The number of aromatic amines is 1. The van der Waals surface area contributed by atoms with Gasteiger partial charge in [0.15, 0.2) is 5.65 Å². The lowest BCUT2D eigenvalue weighted by Gasteiger charge is -2.11. The van der Waals surface area contributed by atoms with E-state index in [1.807, 2.05) is 36.8 Å². The van der Waals surface area contributed by atoms with Crippen molar-refractivity contribution in [1.82, 2.24) is 24.6 Å². The number of imidazole rings is 1. The van der Waals surface area contributed by atoms with Crippen LogP contribution in [0.5, 0.6) is 0 Å². The lowest BCUT2D eigenvalue weighted by molar-refractivity contribution is 0.618. The third-order valence-corrected chi connectivity index (χ3v) is 4.31. The molecule has 3 aromatic heterocycles. The molecule has 1 aromatic carbocycles. The standard InChI is InChI=1S/C18H17FN6/c1-4-5-11-17(19)10(2)16(12-6-22-24-18(11)12)13-8-25-9-14(20-3)23-15(25)7-21-13/h4-9,20H,1-3H3,(H,22,24)/b5-4+. The number of fused-ring (bicyclic) bond motifs is 2. The molecule has 2 N–H and O–H groups in total. The van der Waals surface area contributed by atoms with Gasteiger partial charge in [-0.15, -0.1) is 0 Å². The number of nitrogens with zero attached hydrogens (tertiary/aromatic N) is 4. The highest BCUT2D eigenvalue weighted by Gasteiger charge is 2.19. The van der Waals surface area contributed by atoms with Crippen molar-refractivity contribution in [3.8, 4) is 11.3 Å². The third-order valence-electron chi connectivity index (χ3n) is 4.31. The molecule has 126 valence electrons. The second-order valence-corrected chi connectivity index (χ2v) is 5.80. The smallest absolute Gasteiger partial charge is 0.157 e. The van der Waals surface area contributed by atoms with E-state index in [1.54, 1.807) is 25.4 Å². The lowest BCUT2D eigenvalue weighted by atomic mass is 9.96. The van der Waals surface area contributed by atoms with Crippen LogP contribution in [0.2, 0.25) is 0 Å². The largest absolute Gasteiger partial charge is 0.372 e. The van der Waals surface area contributed by atoms with Crippen LogP contribution in [-0.4, -0.2) is 31.6 Å². The Morgan fingerprint density at radius 1 is 1.28 bits per heavy atom. The van der Waals surface area contributed by atoms with Gasteiger partial charge in [0.05, 0.1) is 29.8 Å². The minimum absolute atomic E-state index is 0.270. The predicted molar refractivity (Wildman–Crippen MR) is 97.0 cm³/mol. The number of allylic oxidation sites excluding steroid dienone is 1. The molecule has 4 aromatic rings. The number of halogens is 1. The Morgan fingerprint density at radius 3 is 2.88 bits per heavy atom. The van der Waals surface area contributed by atoms with E-state index in [0.717, 1.165) is 22.4 Å². The van der Waals surface area contributed by atoms with E-state index >= 15 is 0 Å². The molecule has 3 heterocycles. The fraction of sp³-hybridized carbons (Fsp3) is 0.167. The van der Waals surface area contributed by atoms with Crippen LogP contribution in [0.3, 0.4) is 0 Å². The van der Waals surface area contributed by atoms with Crippen LogP contribution in [0.25, 0.3) is 33.9 Å². The summed E-state index contributed by atoms with van der Waals surface area (Å²) in [7, 11) is 1.81. The Kier molecular flexibility index (Phi) is 3.49. The van der Waals surface area contributed by atoms with Gasteiger partial charge in [0.2, 0.25) is 0 Å². The molecule has 0 amide bonds. The summed E-state index contributed by atoms with van der Waals surface area (Å²) >= 11 is 0. The number of nitrogens with one attached hydrogen (secondary N) is 2. The summed E-state index contributed by atoms with van der Waals surface area (Å²) in [5, 5.41) is 10.9. The van der Waals surface area contributed by atoms with Crippen LogP contribution < -0.4 is 5.32 Å². The van der Waals surface area contributed by atoms with Gasteiger partial charge < -0.3 is 9.72 Å². The van der Waals surface area contributed by atoms with Crippen LogP contribution in [0, 0.1) is 12.7 Å². The summed E-state index contributed by atoms with van der Waals surface area (Å²) in [6, 6.07) is 0. The Morgan fingerprint density at radius 2 is 2.12 bits per heavy atom. The first-order chi connectivity index (χ1) is 12.1. The maximum absolute atomic E-state index is 15.0. The average Bonchev–Trinajstić information content (AvgIpc) is 3.25. The van der Waals surface area contributed by atoms with Gasteiger partial charge >= 0.3 is 0 Å². The molecule has 0 unspecified atom stereocenters. The zero-order valence-corrected chi connectivity index (χ0v) is 14.1. The highest BCUT2D eigenvalue weighted by atomic mass is 19.1. The molecule has 0 saturated heterocycles. The molecule has 0 bridgehead atoms. The second kappa shape index (κ2) is 5.70. The van der Waals surface area contributed by atoms with Crippen molar-refractivity contribution < 1.29 is 4.39 Å². The molecular weight excluding hydrogens is 319 g/mol. The van der Waals surface area contributed by atoms with Crippen LogP contribution in [-0.2, 0) is 0 Å². The van der Waals surface area contributed by atoms with E-state index in [-0.39, 0.29) is 5.82 Å². The number of benzene rings is 1. The highest BCUT2D eigenvalue weighted by molar-refractivity contribution is 5.99. The van der Waals surface area contributed by atoms with Crippen molar-refractivity contribution in [3.63, 3.8) is 0 Å². The number of hydrogen-bond acceptors (Lipinski definition) is 4. The summed E-state index contributed by atoms with van der Waals surface area (Å²) in [6.45, 7) is 3.63. The number of H-pyrrole nitrogens is 1. The topological polar surface area (TPSA) is 70.9 Å². The first kappa shape index (κ1) is 15.3. The monoisotopic (exact) mass is 336 g/mol. The van der Waals surface area contributed by atoms with Gasteiger partial charge in [0, 0.05) is 29.8 Å². The molecule has 0 aliphatic carbocycles. The van der Waals surface area contributed by atoms with Crippen molar-refractivity contribution in [2.45, 2.75) is 13.8 Å². The van der Waals surface area contributed by atoms with Gasteiger partial charge in [-0.1, -0.05) is 12.2 Å². The zero-order chi connectivity index (χ0) is 17.6. The van der Waals surface area contributed by atoms with Crippen molar-refractivity contribution in [3.05, 3.63) is 47.8 Å². The molecule has 7 heteroatoms. The number of rotatable bonds is 3. The zero-order valence-electron chi connectivity index (χ0n) is 14.1. The Balaban J connectivity index is 2.02. The van der Waals surface area contributed by atoms with E-state index in [0.29, 0.717) is 22.3 Å². The van der Waals surface area contributed by atoms with Crippen molar-refractivity contribution >= 4 is 28.4 Å². The lowest BCUT2D eigenvalue weighted by Crippen LogP contribution is -1.98. The van der Waals surface area contributed by atoms with Crippen LogP contribution in [0.15, 0.2) is 30.9 Å². The molecule has 0 saturated carbocycles. The minimum atomic E-state index is -0.270. The van der Waals surface area contributed by atoms with Crippen LogP contribution >= 0.6 is 0 Å². The summed E-state index contributed by atoms with van der Waals surface area (Å²) in [4.78, 5) is 8.88. The quantitative estimate of drug-likeness (QED) is 0.597. The maximum atomic E-state index is 15.0.